The van der Waals surface area contributed by atoms with Crippen LogP contribution in [0.25, 0.3) is 17.3 Å². The molecule has 34 heavy (non-hydrogen) atoms. The largest absolute Gasteiger partial charge is 0.350 e. The number of carbonyl (C=O) groups excluding carboxylic acids is 1. The number of amides is 1. The Morgan fingerprint density at radius 3 is 2.41 bits per heavy atom. The van der Waals surface area contributed by atoms with Gasteiger partial charge in [-0.1, -0.05) is 66.2 Å². The molecule has 1 aliphatic rings. The summed E-state index contributed by atoms with van der Waals surface area (Å²) >= 11 is 18.7. The van der Waals surface area contributed by atoms with E-state index < -0.39 is 0 Å². The van der Waals surface area contributed by atoms with E-state index in [2.05, 4.69) is 5.32 Å². The van der Waals surface area contributed by atoms with Gasteiger partial charge in [0.1, 0.15) is 0 Å². The van der Waals surface area contributed by atoms with E-state index in [-0.39, 0.29) is 5.91 Å². The van der Waals surface area contributed by atoms with Crippen LogP contribution < -0.4 is 5.32 Å². The first-order chi connectivity index (χ1) is 16.3. The molecule has 7 heteroatoms. The topological polar surface area (TPSA) is 46.9 Å². The summed E-state index contributed by atoms with van der Waals surface area (Å²) in [6.07, 6.45) is 8.15. The summed E-state index contributed by atoms with van der Waals surface area (Å²) in [7, 11) is 0. The van der Waals surface area contributed by atoms with E-state index in [0.29, 0.717) is 38.9 Å². The van der Waals surface area contributed by atoms with Gasteiger partial charge < -0.3 is 5.32 Å². The highest BCUT2D eigenvalue weighted by Crippen LogP contribution is 2.31. The molecule has 0 saturated heterocycles. The molecule has 1 aromatic heterocycles. The fourth-order valence-corrected chi connectivity index (χ4v) is 5.21. The number of rotatable bonds is 6. The van der Waals surface area contributed by atoms with Crippen LogP contribution in [0.2, 0.25) is 15.1 Å². The molecule has 0 atom stereocenters. The second-order valence-corrected chi connectivity index (χ2v) is 10.2. The zero-order valence-electron chi connectivity index (χ0n) is 19.4. The van der Waals surface area contributed by atoms with E-state index >= 15 is 0 Å². The van der Waals surface area contributed by atoms with Gasteiger partial charge in [-0.15, -0.1) is 0 Å². The van der Waals surface area contributed by atoms with Crippen LogP contribution in [0.3, 0.4) is 0 Å². The van der Waals surface area contributed by atoms with Crippen LogP contribution in [-0.4, -0.2) is 22.2 Å². The lowest BCUT2D eigenvalue weighted by Crippen LogP contribution is -2.31. The summed E-state index contributed by atoms with van der Waals surface area (Å²) in [6.45, 7) is 4.61. The van der Waals surface area contributed by atoms with Crippen LogP contribution in [0.5, 0.6) is 0 Å². The molecule has 1 N–H and O–H groups in total. The van der Waals surface area contributed by atoms with Crippen molar-refractivity contribution in [3.63, 3.8) is 0 Å². The van der Waals surface area contributed by atoms with Crippen LogP contribution in [0.15, 0.2) is 42.5 Å². The molecule has 178 valence electrons. The molecule has 4 rings (SSSR count). The average molecular weight is 517 g/mol. The number of carbonyl (C=O) groups is 1. The Morgan fingerprint density at radius 1 is 1.06 bits per heavy atom. The van der Waals surface area contributed by atoms with E-state index in [1.54, 1.807) is 16.8 Å². The summed E-state index contributed by atoms with van der Waals surface area (Å²) in [5.41, 5.74) is 4.64. The molecule has 1 fully saturated rings. The number of halogens is 3. The van der Waals surface area contributed by atoms with Gasteiger partial charge in [-0.05, 0) is 80.2 Å². The predicted octanol–water partition coefficient (Wildman–Crippen LogP) is 8.01. The lowest BCUT2D eigenvalue weighted by molar-refractivity contribution is 0.0937. The van der Waals surface area contributed by atoms with Crippen LogP contribution in [0.1, 0.15) is 66.3 Å². The molecule has 1 saturated carbocycles. The Kier molecular flexibility index (Phi) is 8.02. The zero-order chi connectivity index (χ0) is 24.2. The Labute approximate surface area is 215 Å². The molecule has 1 heterocycles. The molecule has 1 aliphatic carbocycles. The number of hydrogen-bond acceptors (Lipinski definition) is 2. The van der Waals surface area contributed by atoms with E-state index in [1.807, 2.05) is 50.3 Å². The first-order valence-corrected chi connectivity index (χ1v) is 12.7. The number of nitrogens with one attached hydrogen (secondary N) is 1. The van der Waals surface area contributed by atoms with Gasteiger partial charge in [0.2, 0.25) is 0 Å². The highest BCUT2D eigenvalue weighted by Gasteiger charge is 2.24. The van der Waals surface area contributed by atoms with E-state index in [9.17, 15) is 4.79 Å². The second kappa shape index (κ2) is 11.0. The van der Waals surface area contributed by atoms with Gasteiger partial charge in [0.15, 0.2) is 5.69 Å². The van der Waals surface area contributed by atoms with E-state index in [0.717, 1.165) is 22.4 Å². The van der Waals surface area contributed by atoms with E-state index in [1.165, 1.54) is 32.1 Å². The molecule has 0 radical (unpaired) electrons. The van der Waals surface area contributed by atoms with Gasteiger partial charge in [0.05, 0.1) is 16.4 Å². The standard InChI is InChI=1S/C27H28Cl3N3O/c1-17(14-19-8-10-21(28)11-9-19)26-18(2)25(27(34)31-16-20-6-4-3-5-7-20)32-33(26)24-13-12-22(29)15-23(24)30/h8-15,20H,3-7,16H2,1-2H3,(H,31,34). The number of aromatic nitrogens is 2. The second-order valence-electron chi connectivity index (χ2n) is 8.92. The van der Waals surface area contributed by atoms with Crippen molar-refractivity contribution in [2.45, 2.75) is 46.0 Å². The molecular formula is C27H28Cl3N3O. The van der Waals surface area contributed by atoms with Crippen molar-refractivity contribution in [1.29, 1.82) is 0 Å². The fourth-order valence-electron chi connectivity index (χ4n) is 4.59. The fraction of sp³-hybridized carbons (Fsp3) is 0.333. The van der Waals surface area contributed by atoms with Gasteiger partial charge in [0.25, 0.3) is 5.91 Å². The number of allylic oxidation sites excluding steroid dienone is 1. The van der Waals surface area contributed by atoms with Crippen molar-refractivity contribution in [2.75, 3.05) is 6.54 Å². The Bertz CT molecular complexity index is 1210. The maximum absolute atomic E-state index is 13.2. The minimum atomic E-state index is -0.160. The van der Waals surface area contributed by atoms with Gasteiger partial charge in [-0.3, -0.25) is 4.79 Å². The van der Waals surface area contributed by atoms with Crippen molar-refractivity contribution < 1.29 is 4.79 Å². The third-order valence-electron chi connectivity index (χ3n) is 6.38. The third-order valence-corrected chi connectivity index (χ3v) is 7.17. The summed E-state index contributed by atoms with van der Waals surface area (Å²) in [5.74, 6) is 0.379. The van der Waals surface area contributed by atoms with Crippen molar-refractivity contribution in [3.05, 3.63) is 80.0 Å². The molecule has 0 spiro atoms. The maximum Gasteiger partial charge on any atom is 0.272 e. The van der Waals surface area contributed by atoms with Gasteiger partial charge in [-0.25, -0.2) is 4.68 Å². The quantitative estimate of drug-likeness (QED) is 0.360. The lowest BCUT2D eigenvalue weighted by atomic mass is 9.89. The Morgan fingerprint density at radius 2 is 1.74 bits per heavy atom. The highest BCUT2D eigenvalue weighted by molar-refractivity contribution is 6.35. The predicted molar refractivity (Wildman–Crippen MR) is 142 cm³/mol. The minimum Gasteiger partial charge on any atom is -0.350 e. The molecule has 0 aliphatic heterocycles. The monoisotopic (exact) mass is 515 g/mol. The van der Waals surface area contributed by atoms with Crippen LogP contribution >= 0.6 is 34.8 Å². The first-order valence-electron chi connectivity index (χ1n) is 11.6. The third kappa shape index (κ3) is 5.68. The SMILES string of the molecule is CC(=Cc1ccc(Cl)cc1)c1c(C)c(C(=O)NCC2CCCCC2)nn1-c1ccc(Cl)cc1Cl. The minimum absolute atomic E-state index is 0.160. The normalized spacial score (nSPS) is 14.9. The zero-order valence-corrected chi connectivity index (χ0v) is 21.6. The summed E-state index contributed by atoms with van der Waals surface area (Å²) in [6, 6.07) is 12.9. The first kappa shape index (κ1) is 24.8. The number of benzene rings is 2. The average Bonchev–Trinajstić information content (AvgIpc) is 3.16. The molecule has 4 nitrogen and oxygen atoms in total. The molecule has 2 aromatic carbocycles. The van der Waals surface area contributed by atoms with Crippen LogP contribution in [0, 0.1) is 12.8 Å². The molecule has 0 unspecified atom stereocenters. The van der Waals surface area contributed by atoms with Gasteiger partial charge in [-0.2, -0.15) is 5.10 Å². The summed E-state index contributed by atoms with van der Waals surface area (Å²) in [5, 5.41) is 9.53. The van der Waals surface area contributed by atoms with Gasteiger partial charge >= 0.3 is 0 Å². The summed E-state index contributed by atoms with van der Waals surface area (Å²) < 4.78 is 1.74. The van der Waals surface area contributed by atoms with Crippen molar-refractivity contribution in [3.8, 4) is 5.69 Å². The maximum atomic E-state index is 13.2. The Hall–Kier alpha value is -2.27. The summed E-state index contributed by atoms with van der Waals surface area (Å²) in [4.78, 5) is 13.2. The smallest absolute Gasteiger partial charge is 0.272 e. The lowest BCUT2D eigenvalue weighted by Gasteiger charge is -2.21. The molecule has 1 amide bonds. The Balaban J connectivity index is 1.72. The molecule has 3 aromatic rings. The number of nitrogens with zero attached hydrogens (tertiary/aromatic N) is 2. The van der Waals surface area contributed by atoms with Crippen molar-refractivity contribution >= 4 is 52.4 Å². The van der Waals surface area contributed by atoms with Crippen LogP contribution in [0.4, 0.5) is 0 Å². The number of hydrogen-bond donors (Lipinski definition) is 1. The molecule has 0 bridgehead atoms. The van der Waals surface area contributed by atoms with Crippen molar-refractivity contribution in [2.24, 2.45) is 5.92 Å². The van der Waals surface area contributed by atoms with Crippen LogP contribution in [-0.2, 0) is 0 Å². The van der Waals surface area contributed by atoms with Gasteiger partial charge in [0, 0.05) is 22.2 Å². The van der Waals surface area contributed by atoms with Crippen molar-refractivity contribution in [1.82, 2.24) is 15.1 Å². The van der Waals surface area contributed by atoms with E-state index in [4.69, 9.17) is 39.9 Å². The highest BCUT2D eigenvalue weighted by atomic mass is 35.5. The molecular weight excluding hydrogens is 489 g/mol.